The molecule has 0 unspecified atom stereocenters. The third-order valence-electron chi connectivity index (χ3n) is 1.84. The van der Waals surface area contributed by atoms with Crippen molar-refractivity contribution in [1.29, 1.82) is 0 Å². The molecule has 14 heavy (non-hydrogen) atoms. The Morgan fingerprint density at radius 2 is 2.29 bits per heavy atom. The molecule has 0 spiro atoms. The lowest BCUT2D eigenvalue weighted by Crippen LogP contribution is -1.74. The Labute approximate surface area is 89.7 Å². The molecule has 1 aromatic heterocycles. The van der Waals surface area contributed by atoms with Crippen molar-refractivity contribution in [3.05, 3.63) is 34.5 Å². The van der Waals surface area contributed by atoms with E-state index in [9.17, 15) is 0 Å². The van der Waals surface area contributed by atoms with Gasteiger partial charge in [-0.05, 0) is 18.2 Å². The number of hydrogen-bond donors (Lipinski definition) is 1. The van der Waals surface area contributed by atoms with Gasteiger partial charge in [0.25, 0.3) is 0 Å². The van der Waals surface area contributed by atoms with Crippen LogP contribution in [-0.2, 0) is 0 Å². The molecule has 1 heterocycles. The Morgan fingerprint density at radius 3 is 3.07 bits per heavy atom. The summed E-state index contributed by atoms with van der Waals surface area (Å²) < 4.78 is 6.28. The summed E-state index contributed by atoms with van der Waals surface area (Å²) in [7, 11) is 0. The highest BCUT2D eigenvalue weighted by molar-refractivity contribution is 9.10. The number of halogens is 1. The number of furan rings is 1. The quantitative estimate of drug-likeness (QED) is 0.730. The highest BCUT2D eigenvalue weighted by Crippen LogP contribution is 2.24. The first-order valence-corrected chi connectivity index (χ1v) is 4.87. The number of aliphatic hydroxyl groups is 1. The van der Waals surface area contributed by atoms with Crippen LogP contribution < -0.4 is 0 Å². The predicted molar refractivity (Wildman–Crippen MR) is 57.9 cm³/mol. The van der Waals surface area contributed by atoms with Crippen LogP contribution in [0.25, 0.3) is 11.0 Å². The van der Waals surface area contributed by atoms with Gasteiger partial charge in [-0.25, -0.2) is 0 Å². The van der Waals surface area contributed by atoms with Crippen molar-refractivity contribution >= 4 is 26.9 Å². The SMILES string of the molecule is OCC#Cc1coc2ccc(Br)cc12. The Hall–Kier alpha value is -1.24. The average Bonchev–Trinajstić information content (AvgIpc) is 2.57. The summed E-state index contributed by atoms with van der Waals surface area (Å²) in [5.41, 5.74) is 1.60. The smallest absolute Gasteiger partial charge is 0.135 e. The fraction of sp³-hybridized carbons (Fsp3) is 0.0909. The standard InChI is InChI=1S/C11H7BrO2/c12-9-3-4-11-10(6-9)8(7-14-11)2-1-5-13/h3-4,6-7,13H,5H2. The summed E-state index contributed by atoms with van der Waals surface area (Å²) in [6.07, 6.45) is 1.60. The normalized spacial score (nSPS) is 9.86. The van der Waals surface area contributed by atoms with Crippen molar-refractivity contribution < 1.29 is 9.52 Å². The Balaban J connectivity index is 2.61. The molecular weight excluding hydrogens is 244 g/mol. The van der Waals surface area contributed by atoms with E-state index in [-0.39, 0.29) is 6.61 Å². The molecule has 1 N–H and O–H groups in total. The van der Waals surface area contributed by atoms with Gasteiger partial charge < -0.3 is 9.52 Å². The van der Waals surface area contributed by atoms with Gasteiger partial charge in [0.15, 0.2) is 0 Å². The van der Waals surface area contributed by atoms with Crippen LogP contribution in [0.1, 0.15) is 5.56 Å². The first kappa shape index (κ1) is 9.32. The molecule has 2 rings (SSSR count). The second kappa shape index (κ2) is 3.87. The number of fused-ring (bicyclic) bond motifs is 1. The van der Waals surface area contributed by atoms with Crippen molar-refractivity contribution in [3.8, 4) is 11.8 Å². The zero-order valence-corrected chi connectivity index (χ0v) is 8.84. The maximum Gasteiger partial charge on any atom is 0.135 e. The molecule has 0 saturated carbocycles. The van der Waals surface area contributed by atoms with Gasteiger partial charge in [0.05, 0.1) is 5.56 Å². The van der Waals surface area contributed by atoms with E-state index in [1.54, 1.807) is 6.26 Å². The van der Waals surface area contributed by atoms with Gasteiger partial charge in [-0.3, -0.25) is 0 Å². The molecule has 2 nitrogen and oxygen atoms in total. The summed E-state index contributed by atoms with van der Waals surface area (Å²) in [6, 6.07) is 5.73. The molecule has 1 aromatic carbocycles. The number of benzene rings is 1. The van der Waals surface area contributed by atoms with Crippen LogP contribution in [0.5, 0.6) is 0 Å². The lowest BCUT2D eigenvalue weighted by atomic mass is 10.2. The molecule has 0 bridgehead atoms. The van der Waals surface area contributed by atoms with Crippen molar-refractivity contribution in [1.82, 2.24) is 0 Å². The fourth-order valence-corrected chi connectivity index (χ4v) is 1.59. The zero-order chi connectivity index (χ0) is 9.97. The van der Waals surface area contributed by atoms with Gasteiger partial charge in [0, 0.05) is 9.86 Å². The topological polar surface area (TPSA) is 33.4 Å². The van der Waals surface area contributed by atoms with Crippen molar-refractivity contribution in [2.75, 3.05) is 6.61 Å². The van der Waals surface area contributed by atoms with Crippen molar-refractivity contribution in [3.63, 3.8) is 0 Å². The molecule has 3 heteroatoms. The summed E-state index contributed by atoms with van der Waals surface area (Å²) in [5.74, 6) is 5.42. The monoisotopic (exact) mass is 250 g/mol. The lowest BCUT2D eigenvalue weighted by molar-refractivity contribution is 0.350. The average molecular weight is 251 g/mol. The minimum Gasteiger partial charge on any atom is -0.463 e. The van der Waals surface area contributed by atoms with Crippen LogP contribution in [-0.4, -0.2) is 11.7 Å². The molecule has 0 aliphatic rings. The highest BCUT2D eigenvalue weighted by Gasteiger charge is 2.03. The Kier molecular flexibility index (Phi) is 2.58. The molecule has 0 aliphatic heterocycles. The number of aliphatic hydroxyl groups excluding tert-OH is 1. The maximum absolute atomic E-state index is 8.58. The summed E-state index contributed by atoms with van der Waals surface area (Å²) >= 11 is 3.38. The number of hydrogen-bond acceptors (Lipinski definition) is 2. The van der Waals surface area contributed by atoms with E-state index < -0.39 is 0 Å². The van der Waals surface area contributed by atoms with Gasteiger partial charge in [0.1, 0.15) is 18.5 Å². The fourth-order valence-electron chi connectivity index (χ4n) is 1.23. The highest BCUT2D eigenvalue weighted by atomic mass is 79.9. The molecule has 0 aliphatic carbocycles. The van der Waals surface area contributed by atoms with Crippen LogP contribution in [0, 0.1) is 11.8 Å². The van der Waals surface area contributed by atoms with Gasteiger partial charge in [-0.2, -0.15) is 0 Å². The first-order chi connectivity index (χ1) is 6.81. The largest absolute Gasteiger partial charge is 0.463 e. The number of rotatable bonds is 0. The Bertz CT molecular complexity index is 517. The minimum atomic E-state index is -0.138. The van der Waals surface area contributed by atoms with Gasteiger partial charge in [-0.15, -0.1) is 0 Å². The van der Waals surface area contributed by atoms with Crippen molar-refractivity contribution in [2.24, 2.45) is 0 Å². The summed E-state index contributed by atoms with van der Waals surface area (Å²) in [4.78, 5) is 0. The maximum atomic E-state index is 8.58. The van der Waals surface area contributed by atoms with Gasteiger partial charge in [-0.1, -0.05) is 27.8 Å². The van der Waals surface area contributed by atoms with E-state index in [1.807, 2.05) is 18.2 Å². The summed E-state index contributed by atoms with van der Waals surface area (Å²) in [6.45, 7) is -0.138. The molecule has 0 atom stereocenters. The van der Waals surface area contributed by atoms with Crippen LogP contribution in [0.4, 0.5) is 0 Å². The second-order valence-corrected chi connectivity index (χ2v) is 3.67. The third-order valence-corrected chi connectivity index (χ3v) is 2.33. The summed E-state index contributed by atoms with van der Waals surface area (Å²) in [5, 5.41) is 9.54. The Morgan fingerprint density at radius 1 is 1.43 bits per heavy atom. The van der Waals surface area contributed by atoms with E-state index in [0.717, 1.165) is 21.0 Å². The van der Waals surface area contributed by atoms with E-state index in [4.69, 9.17) is 9.52 Å². The molecule has 70 valence electrons. The molecule has 0 radical (unpaired) electrons. The second-order valence-electron chi connectivity index (χ2n) is 2.75. The minimum absolute atomic E-state index is 0.138. The molecular formula is C11H7BrO2. The lowest BCUT2D eigenvalue weighted by Gasteiger charge is -1.89. The van der Waals surface area contributed by atoms with E-state index in [2.05, 4.69) is 27.8 Å². The van der Waals surface area contributed by atoms with Gasteiger partial charge >= 0.3 is 0 Å². The molecule has 0 saturated heterocycles. The molecule has 2 aromatic rings. The van der Waals surface area contributed by atoms with E-state index in [1.165, 1.54) is 0 Å². The predicted octanol–water partition coefficient (Wildman–Crippen LogP) is 2.54. The molecule has 0 fully saturated rings. The first-order valence-electron chi connectivity index (χ1n) is 4.08. The zero-order valence-electron chi connectivity index (χ0n) is 7.25. The van der Waals surface area contributed by atoms with E-state index >= 15 is 0 Å². The van der Waals surface area contributed by atoms with Crippen LogP contribution >= 0.6 is 15.9 Å². The van der Waals surface area contributed by atoms with Crippen LogP contribution in [0.3, 0.4) is 0 Å². The van der Waals surface area contributed by atoms with Crippen LogP contribution in [0.15, 0.2) is 33.4 Å². The van der Waals surface area contributed by atoms with Crippen LogP contribution in [0.2, 0.25) is 0 Å². The third kappa shape index (κ3) is 1.67. The van der Waals surface area contributed by atoms with E-state index in [0.29, 0.717) is 0 Å². The molecule has 0 amide bonds. The van der Waals surface area contributed by atoms with Crippen molar-refractivity contribution in [2.45, 2.75) is 0 Å². The van der Waals surface area contributed by atoms with Gasteiger partial charge in [0.2, 0.25) is 0 Å².